The van der Waals surface area contributed by atoms with E-state index >= 15 is 0 Å². The Morgan fingerprint density at radius 1 is 1.55 bits per heavy atom. The van der Waals surface area contributed by atoms with Gasteiger partial charge in [-0.2, -0.15) is 0 Å². The fraction of sp³-hybridized carbons (Fsp3) is 0.538. The number of hydrogen-bond donors (Lipinski definition) is 4. The Labute approximate surface area is 123 Å². The van der Waals surface area contributed by atoms with Gasteiger partial charge in [0.05, 0.1) is 6.61 Å². The molecule has 1 aliphatic heterocycles. The van der Waals surface area contributed by atoms with Gasteiger partial charge in [0.25, 0.3) is 5.56 Å². The summed E-state index contributed by atoms with van der Waals surface area (Å²) < 4.78 is 18.5. The van der Waals surface area contributed by atoms with Crippen molar-refractivity contribution in [1.29, 1.82) is 0 Å². The molecule has 22 heavy (non-hydrogen) atoms. The Hall–Kier alpha value is -1.99. The number of rotatable bonds is 2. The largest absolute Gasteiger partial charge is 0.394 e. The maximum absolute atomic E-state index is 12.3. The molecule has 1 aromatic rings. The van der Waals surface area contributed by atoms with Crippen LogP contribution in [-0.2, 0) is 4.74 Å². The molecule has 2 rings (SSSR count). The predicted octanol–water partition coefficient (Wildman–Crippen LogP) is -2.20. The van der Waals surface area contributed by atoms with Gasteiger partial charge in [-0.1, -0.05) is 11.8 Å². The first kappa shape index (κ1) is 16.4. The van der Waals surface area contributed by atoms with Crippen LogP contribution in [0.3, 0.4) is 0 Å². The summed E-state index contributed by atoms with van der Waals surface area (Å²) in [6, 6.07) is 1.09. The Morgan fingerprint density at radius 2 is 2.23 bits per heavy atom. The molecule has 4 atom stereocenters. The number of halogens is 1. The van der Waals surface area contributed by atoms with Crippen LogP contribution in [0, 0.1) is 18.8 Å². The summed E-state index contributed by atoms with van der Waals surface area (Å²) in [5.74, 6) is 4.11. The third-order valence-electron chi connectivity index (χ3n) is 3.42. The summed E-state index contributed by atoms with van der Waals surface area (Å²) in [7, 11) is 0. The number of aromatic nitrogens is 2. The van der Waals surface area contributed by atoms with E-state index in [4.69, 9.17) is 4.74 Å². The molecule has 0 aromatic carbocycles. The number of aryl methyl sites for hydroxylation is 1. The van der Waals surface area contributed by atoms with Crippen molar-refractivity contribution in [1.82, 2.24) is 9.55 Å². The second kappa shape index (κ2) is 6.02. The van der Waals surface area contributed by atoms with E-state index in [1.165, 1.54) is 6.92 Å². The smallest absolute Gasteiger partial charge is 0.330 e. The van der Waals surface area contributed by atoms with E-state index in [1.807, 2.05) is 10.9 Å². The first-order valence-corrected chi connectivity index (χ1v) is 6.40. The van der Waals surface area contributed by atoms with Crippen LogP contribution in [0.2, 0.25) is 0 Å². The highest BCUT2D eigenvalue weighted by atomic mass is 19.1. The Bertz CT molecular complexity index is 733. The lowest BCUT2D eigenvalue weighted by atomic mass is 9.94. The molecule has 0 amide bonds. The summed E-state index contributed by atoms with van der Waals surface area (Å²) >= 11 is 0. The molecule has 0 radical (unpaired) electrons. The van der Waals surface area contributed by atoms with Crippen molar-refractivity contribution in [2.45, 2.75) is 31.0 Å². The third kappa shape index (κ3) is 2.57. The van der Waals surface area contributed by atoms with Crippen LogP contribution in [0.15, 0.2) is 15.7 Å². The van der Waals surface area contributed by atoms with Crippen LogP contribution in [0.4, 0.5) is 4.39 Å². The second-order valence-electron chi connectivity index (χ2n) is 4.87. The monoisotopic (exact) mass is 314 g/mol. The fourth-order valence-corrected chi connectivity index (χ4v) is 2.40. The molecule has 2 heterocycles. The SMILES string of the molecule is Cc1cc(=O)[nH]c(=O)n1[C@@H]1O[C@H](CO)C(O)[C@]1(O)C#CCF. The lowest BCUT2D eigenvalue weighted by Gasteiger charge is -2.27. The van der Waals surface area contributed by atoms with Gasteiger partial charge in [0.1, 0.15) is 18.9 Å². The number of nitrogens with one attached hydrogen (secondary N) is 1. The number of aliphatic hydroxyl groups excluding tert-OH is 2. The van der Waals surface area contributed by atoms with Gasteiger partial charge in [-0.3, -0.25) is 14.3 Å². The topological polar surface area (TPSA) is 125 Å². The number of H-pyrrole nitrogens is 1. The third-order valence-corrected chi connectivity index (χ3v) is 3.42. The van der Waals surface area contributed by atoms with Gasteiger partial charge in [0, 0.05) is 11.8 Å². The lowest BCUT2D eigenvalue weighted by Crippen LogP contribution is -2.49. The van der Waals surface area contributed by atoms with Crippen molar-refractivity contribution in [3.63, 3.8) is 0 Å². The number of aromatic amines is 1. The standard InChI is InChI=1S/C13H15FN2O6/c1-7-5-9(18)15-12(20)16(7)11-13(21,3-2-4-14)10(19)8(6-17)22-11/h5,8,10-11,17,19,21H,4,6H2,1H3,(H,15,18,20)/t8-,10?,11-,13-/m1/s1. The van der Waals surface area contributed by atoms with Gasteiger partial charge in [0.2, 0.25) is 0 Å². The van der Waals surface area contributed by atoms with E-state index in [9.17, 15) is 29.3 Å². The van der Waals surface area contributed by atoms with Crippen molar-refractivity contribution in [2.24, 2.45) is 0 Å². The predicted molar refractivity (Wildman–Crippen MR) is 71.8 cm³/mol. The van der Waals surface area contributed by atoms with Crippen LogP contribution in [0.1, 0.15) is 11.9 Å². The van der Waals surface area contributed by atoms with Crippen LogP contribution in [-0.4, -0.2) is 56.0 Å². The van der Waals surface area contributed by atoms with Gasteiger partial charge in [-0.15, -0.1) is 0 Å². The van der Waals surface area contributed by atoms with E-state index in [0.717, 1.165) is 10.6 Å². The summed E-state index contributed by atoms with van der Waals surface area (Å²) in [4.78, 5) is 25.2. The molecule has 0 spiro atoms. The maximum Gasteiger partial charge on any atom is 0.330 e. The van der Waals surface area contributed by atoms with Crippen LogP contribution >= 0.6 is 0 Å². The number of hydrogen-bond acceptors (Lipinski definition) is 6. The summed E-state index contributed by atoms with van der Waals surface area (Å²) in [6.45, 7) is -0.304. The Kier molecular flexibility index (Phi) is 4.48. The molecule has 0 aliphatic carbocycles. The quantitative estimate of drug-likeness (QED) is 0.459. The molecule has 1 unspecified atom stereocenters. The number of alkyl halides is 1. The zero-order valence-electron chi connectivity index (χ0n) is 11.6. The van der Waals surface area contributed by atoms with Gasteiger partial charge in [-0.25, -0.2) is 9.18 Å². The Balaban J connectivity index is 2.62. The van der Waals surface area contributed by atoms with Crippen LogP contribution in [0.5, 0.6) is 0 Å². The number of nitrogens with zero attached hydrogens (tertiary/aromatic N) is 1. The van der Waals surface area contributed by atoms with Crippen LogP contribution in [0.25, 0.3) is 0 Å². The highest BCUT2D eigenvalue weighted by Crippen LogP contribution is 2.37. The molecule has 0 bridgehead atoms. The molecule has 1 aliphatic rings. The lowest BCUT2D eigenvalue weighted by molar-refractivity contribution is -0.0775. The molecular weight excluding hydrogens is 299 g/mol. The van der Waals surface area contributed by atoms with Crippen molar-refractivity contribution in [2.75, 3.05) is 13.3 Å². The summed E-state index contributed by atoms with van der Waals surface area (Å²) in [6.07, 6.45) is -4.40. The van der Waals surface area contributed by atoms with E-state index in [1.54, 1.807) is 0 Å². The van der Waals surface area contributed by atoms with Crippen molar-refractivity contribution < 1.29 is 24.4 Å². The van der Waals surface area contributed by atoms with E-state index < -0.39 is 48.6 Å². The minimum absolute atomic E-state index is 0.144. The van der Waals surface area contributed by atoms with E-state index in [2.05, 4.69) is 5.92 Å². The highest BCUT2D eigenvalue weighted by molar-refractivity contribution is 5.23. The highest BCUT2D eigenvalue weighted by Gasteiger charge is 2.56. The minimum atomic E-state index is -2.31. The molecule has 0 saturated carbocycles. The molecular formula is C13H15FN2O6. The van der Waals surface area contributed by atoms with Crippen LogP contribution < -0.4 is 11.2 Å². The molecule has 1 saturated heterocycles. The first-order valence-electron chi connectivity index (χ1n) is 6.40. The summed E-state index contributed by atoms with van der Waals surface area (Å²) in [5.41, 5.74) is -3.70. The van der Waals surface area contributed by atoms with E-state index in [0.29, 0.717) is 0 Å². The number of aliphatic hydroxyl groups is 3. The molecule has 1 fully saturated rings. The van der Waals surface area contributed by atoms with Crippen molar-refractivity contribution in [3.8, 4) is 11.8 Å². The average molecular weight is 314 g/mol. The first-order chi connectivity index (χ1) is 10.3. The molecule has 8 nitrogen and oxygen atoms in total. The molecule has 4 N–H and O–H groups in total. The normalized spacial score (nSPS) is 30.9. The zero-order chi connectivity index (χ0) is 16.5. The molecule has 1 aromatic heterocycles. The van der Waals surface area contributed by atoms with Crippen molar-refractivity contribution in [3.05, 3.63) is 32.6 Å². The van der Waals surface area contributed by atoms with E-state index in [-0.39, 0.29) is 5.69 Å². The van der Waals surface area contributed by atoms with Gasteiger partial charge in [0.15, 0.2) is 11.8 Å². The minimum Gasteiger partial charge on any atom is -0.394 e. The molecule has 120 valence electrons. The number of ether oxygens (including phenoxy) is 1. The Morgan fingerprint density at radius 3 is 2.77 bits per heavy atom. The average Bonchev–Trinajstić information content (AvgIpc) is 2.69. The maximum atomic E-state index is 12.3. The fourth-order valence-electron chi connectivity index (χ4n) is 2.40. The van der Waals surface area contributed by atoms with Crippen molar-refractivity contribution >= 4 is 0 Å². The van der Waals surface area contributed by atoms with Gasteiger partial charge >= 0.3 is 5.69 Å². The van der Waals surface area contributed by atoms with Gasteiger partial charge < -0.3 is 20.1 Å². The van der Waals surface area contributed by atoms with Gasteiger partial charge in [-0.05, 0) is 6.92 Å². The zero-order valence-corrected chi connectivity index (χ0v) is 11.6. The second-order valence-corrected chi connectivity index (χ2v) is 4.87. The molecule has 9 heteroatoms. The summed E-state index contributed by atoms with van der Waals surface area (Å²) in [5, 5.41) is 29.8.